The van der Waals surface area contributed by atoms with Gasteiger partial charge in [0.15, 0.2) is 0 Å². The van der Waals surface area contributed by atoms with Crippen LogP contribution < -0.4 is 0 Å². The maximum atomic E-state index is 13.7. The van der Waals surface area contributed by atoms with Crippen LogP contribution in [-0.2, 0) is 23.0 Å². The lowest BCUT2D eigenvalue weighted by Crippen LogP contribution is -2.32. The highest BCUT2D eigenvalue weighted by Gasteiger charge is 2.27. The molecule has 0 fully saturated rings. The molecule has 10 heteroatoms. The van der Waals surface area contributed by atoms with Crippen LogP contribution in [0.15, 0.2) is 82.1 Å². The predicted octanol–water partition coefficient (Wildman–Crippen LogP) is 4.78. The number of hydrogen-bond acceptors (Lipinski definition) is 6. The number of aryl methyl sites for hydroxylation is 1. The van der Waals surface area contributed by atoms with Gasteiger partial charge in [0.2, 0.25) is 15.8 Å². The van der Waals surface area contributed by atoms with E-state index in [1.165, 1.54) is 40.7 Å². The van der Waals surface area contributed by atoms with Gasteiger partial charge in [0.05, 0.1) is 9.82 Å². The number of sulfonamides is 1. The highest BCUT2D eigenvalue weighted by molar-refractivity contribution is 7.89. The molecule has 9 nitrogen and oxygen atoms in total. The quantitative estimate of drug-likeness (QED) is 0.262. The summed E-state index contributed by atoms with van der Waals surface area (Å²) < 4.78 is 34.1. The number of aromatic carboxylic acids is 1. The predicted molar refractivity (Wildman–Crippen MR) is 129 cm³/mol. The van der Waals surface area contributed by atoms with Gasteiger partial charge in [-0.2, -0.15) is 4.31 Å². The van der Waals surface area contributed by atoms with Crippen LogP contribution in [0.5, 0.6) is 0 Å². The second kappa shape index (κ2) is 9.69. The monoisotopic (exact) mass is 494 g/mol. The Balaban J connectivity index is 1.73. The first-order chi connectivity index (χ1) is 16.7. The second-order valence-electron chi connectivity index (χ2n) is 8.02. The summed E-state index contributed by atoms with van der Waals surface area (Å²) in [5, 5.41) is 20.9. The molecular formula is C25H22N2O7S. The number of nitro benzene ring substituents is 1. The van der Waals surface area contributed by atoms with Gasteiger partial charge in [-0.3, -0.25) is 10.1 Å². The summed E-state index contributed by atoms with van der Waals surface area (Å²) in [6.07, 6.45) is 0.436. The van der Waals surface area contributed by atoms with Crippen molar-refractivity contribution < 1.29 is 27.7 Å². The van der Waals surface area contributed by atoms with Gasteiger partial charge in [-0.15, -0.1) is 0 Å². The number of carboxylic acids is 1. The Morgan fingerprint density at radius 3 is 2.43 bits per heavy atom. The molecule has 4 aromatic rings. The van der Waals surface area contributed by atoms with E-state index in [2.05, 4.69) is 0 Å². The molecule has 0 aliphatic heterocycles. The minimum atomic E-state index is -4.05. The van der Waals surface area contributed by atoms with Gasteiger partial charge in [0.1, 0.15) is 5.58 Å². The van der Waals surface area contributed by atoms with E-state index in [1.807, 2.05) is 30.3 Å². The minimum Gasteiger partial charge on any atom is -0.475 e. The van der Waals surface area contributed by atoms with Crippen molar-refractivity contribution in [2.24, 2.45) is 0 Å². The number of carbonyl (C=O) groups is 1. The maximum absolute atomic E-state index is 13.7. The molecule has 1 aromatic heterocycles. The summed E-state index contributed by atoms with van der Waals surface area (Å²) in [5.41, 5.74) is 1.90. The zero-order valence-electron chi connectivity index (χ0n) is 18.7. The smallest absolute Gasteiger partial charge is 0.372 e. The molecular weight excluding hydrogens is 472 g/mol. The van der Waals surface area contributed by atoms with Crippen molar-refractivity contribution >= 4 is 32.6 Å². The molecule has 0 bridgehead atoms. The Morgan fingerprint density at radius 2 is 1.74 bits per heavy atom. The molecule has 0 aliphatic rings. The van der Waals surface area contributed by atoms with Crippen molar-refractivity contribution in [1.82, 2.24) is 4.31 Å². The molecule has 4 rings (SSSR count). The standard InChI is InChI=1S/C25H22N2O7S/c1-17-22-15-21(10-11-23(22)34-24(17)25(28)29)35(32,33)26(13-12-18-6-3-2-4-7-18)16-19-8-5-9-20(14-19)27(30)31/h2-11,14-15H,12-13,16H2,1H3,(H,28,29). The van der Waals surface area contributed by atoms with Crippen LogP contribution in [-0.4, -0.2) is 35.3 Å². The SMILES string of the molecule is Cc1c(C(=O)O)oc2ccc(S(=O)(=O)N(CCc3ccccc3)Cc3cccc([N+](=O)[O-])c3)cc12. The Bertz CT molecular complexity index is 1510. The van der Waals surface area contributed by atoms with Crippen molar-refractivity contribution in [2.75, 3.05) is 6.54 Å². The molecule has 0 radical (unpaired) electrons. The van der Waals surface area contributed by atoms with Crippen LogP contribution in [0, 0.1) is 17.0 Å². The van der Waals surface area contributed by atoms with Gasteiger partial charge >= 0.3 is 5.97 Å². The van der Waals surface area contributed by atoms with Crippen LogP contribution in [0.1, 0.15) is 27.2 Å². The van der Waals surface area contributed by atoms with Crippen molar-refractivity contribution in [2.45, 2.75) is 24.8 Å². The van der Waals surface area contributed by atoms with Crippen LogP contribution in [0.3, 0.4) is 0 Å². The Hall–Kier alpha value is -4.02. The third kappa shape index (κ3) is 5.08. The summed E-state index contributed by atoms with van der Waals surface area (Å²) in [5.74, 6) is -1.48. The number of non-ortho nitro benzene ring substituents is 1. The van der Waals surface area contributed by atoms with Gasteiger partial charge in [0.25, 0.3) is 5.69 Å². The number of hydrogen-bond donors (Lipinski definition) is 1. The van der Waals surface area contributed by atoms with Gasteiger partial charge in [-0.05, 0) is 42.7 Å². The average Bonchev–Trinajstić information content (AvgIpc) is 3.18. The summed E-state index contributed by atoms with van der Waals surface area (Å²) in [6.45, 7) is 1.62. The first-order valence-electron chi connectivity index (χ1n) is 10.7. The summed E-state index contributed by atoms with van der Waals surface area (Å²) in [6, 6.07) is 19.5. The number of nitrogens with zero attached hydrogens (tertiary/aromatic N) is 2. The highest BCUT2D eigenvalue weighted by atomic mass is 32.2. The lowest BCUT2D eigenvalue weighted by Gasteiger charge is -2.22. The number of benzene rings is 3. The summed E-state index contributed by atoms with van der Waals surface area (Å²) >= 11 is 0. The normalized spacial score (nSPS) is 11.7. The highest BCUT2D eigenvalue weighted by Crippen LogP contribution is 2.30. The second-order valence-corrected chi connectivity index (χ2v) is 9.96. The number of carboxylic acid groups (broad SMARTS) is 1. The van der Waals surface area contributed by atoms with Crippen molar-refractivity contribution in [3.8, 4) is 0 Å². The molecule has 0 saturated heterocycles. The third-order valence-corrected chi connectivity index (χ3v) is 7.55. The number of rotatable bonds is 9. The van der Waals surface area contributed by atoms with Gasteiger partial charge < -0.3 is 9.52 Å². The number of furan rings is 1. The molecule has 0 amide bonds. The Labute approximate surface area is 201 Å². The van der Waals surface area contributed by atoms with E-state index in [-0.39, 0.29) is 35.0 Å². The Morgan fingerprint density at radius 1 is 1.03 bits per heavy atom. The fourth-order valence-electron chi connectivity index (χ4n) is 3.87. The molecule has 0 saturated carbocycles. The Kier molecular flexibility index (Phi) is 6.68. The van der Waals surface area contributed by atoms with Crippen molar-refractivity contribution in [1.29, 1.82) is 0 Å². The first-order valence-corrected chi connectivity index (χ1v) is 12.1. The van der Waals surface area contributed by atoms with E-state index in [1.54, 1.807) is 13.0 Å². The molecule has 180 valence electrons. The molecule has 3 aromatic carbocycles. The van der Waals surface area contributed by atoms with E-state index in [4.69, 9.17) is 4.42 Å². The van der Waals surface area contributed by atoms with Crippen LogP contribution in [0.2, 0.25) is 0 Å². The largest absolute Gasteiger partial charge is 0.475 e. The maximum Gasteiger partial charge on any atom is 0.372 e. The van der Waals surface area contributed by atoms with E-state index in [9.17, 15) is 28.4 Å². The summed E-state index contributed by atoms with van der Waals surface area (Å²) in [7, 11) is -4.05. The zero-order valence-corrected chi connectivity index (χ0v) is 19.6. The molecule has 1 N–H and O–H groups in total. The average molecular weight is 495 g/mol. The molecule has 0 aliphatic carbocycles. The van der Waals surface area contributed by atoms with E-state index < -0.39 is 20.9 Å². The molecule has 35 heavy (non-hydrogen) atoms. The van der Waals surface area contributed by atoms with Gasteiger partial charge in [-0.25, -0.2) is 13.2 Å². The van der Waals surface area contributed by atoms with Crippen LogP contribution in [0.4, 0.5) is 5.69 Å². The molecule has 0 spiro atoms. The fourth-order valence-corrected chi connectivity index (χ4v) is 5.32. The van der Waals surface area contributed by atoms with Crippen LogP contribution >= 0.6 is 0 Å². The molecule has 0 unspecified atom stereocenters. The third-order valence-electron chi connectivity index (χ3n) is 5.71. The van der Waals surface area contributed by atoms with Crippen LogP contribution in [0.25, 0.3) is 11.0 Å². The minimum absolute atomic E-state index is 0.0238. The van der Waals surface area contributed by atoms with Gasteiger partial charge in [0, 0.05) is 36.2 Å². The molecule has 0 atom stereocenters. The topological polar surface area (TPSA) is 131 Å². The number of nitro groups is 1. The first kappa shape index (κ1) is 24.1. The summed E-state index contributed by atoms with van der Waals surface area (Å²) in [4.78, 5) is 22.1. The number of fused-ring (bicyclic) bond motifs is 1. The van der Waals surface area contributed by atoms with E-state index in [0.717, 1.165) is 5.56 Å². The van der Waals surface area contributed by atoms with E-state index in [0.29, 0.717) is 22.9 Å². The van der Waals surface area contributed by atoms with Gasteiger partial charge in [-0.1, -0.05) is 42.5 Å². The molecule has 1 heterocycles. The lowest BCUT2D eigenvalue weighted by molar-refractivity contribution is -0.384. The lowest BCUT2D eigenvalue weighted by atomic mass is 10.1. The zero-order chi connectivity index (χ0) is 25.2. The van der Waals surface area contributed by atoms with Crippen molar-refractivity contribution in [3.63, 3.8) is 0 Å². The van der Waals surface area contributed by atoms with E-state index >= 15 is 0 Å². The van der Waals surface area contributed by atoms with Crippen molar-refractivity contribution in [3.05, 3.63) is 105 Å². The fraction of sp³-hybridized carbons (Fsp3) is 0.160.